The molecule has 0 bridgehead atoms. The Balaban J connectivity index is 1.56. The van der Waals surface area contributed by atoms with Gasteiger partial charge in [-0.05, 0) is 31.4 Å². The molecular formula is C24H25N3O2. The maximum atomic E-state index is 12.7. The quantitative estimate of drug-likeness (QED) is 0.675. The summed E-state index contributed by atoms with van der Waals surface area (Å²) in [6.07, 6.45) is 1.95. The van der Waals surface area contributed by atoms with Crippen LogP contribution in [0.2, 0.25) is 0 Å². The number of aryl methyl sites for hydroxylation is 1. The van der Waals surface area contributed by atoms with Crippen molar-refractivity contribution in [1.82, 2.24) is 4.57 Å². The molecule has 4 rings (SSSR count). The number of hydrogen-bond donors (Lipinski definition) is 0. The number of benzene rings is 2. The summed E-state index contributed by atoms with van der Waals surface area (Å²) >= 11 is 0. The smallest absolute Gasteiger partial charge is 0.270 e. The second-order valence-electron chi connectivity index (χ2n) is 7.59. The topological polar surface area (TPSA) is 58.3 Å². The van der Waals surface area contributed by atoms with Crippen molar-refractivity contribution < 1.29 is 4.74 Å². The Kier molecular flexibility index (Phi) is 5.37. The predicted molar refractivity (Wildman–Crippen MR) is 115 cm³/mol. The van der Waals surface area contributed by atoms with E-state index < -0.39 is 0 Å². The highest BCUT2D eigenvalue weighted by Gasteiger charge is 2.26. The van der Waals surface area contributed by atoms with Crippen molar-refractivity contribution in [3.05, 3.63) is 76.1 Å². The minimum Gasteiger partial charge on any atom is -0.370 e. The predicted octanol–water partition coefficient (Wildman–Crippen LogP) is 4.16. The van der Waals surface area contributed by atoms with E-state index >= 15 is 0 Å². The van der Waals surface area contributed by atoms with Crippen molar-refractivity contribution in [1.29, 1.82) is 5.26 Å². The lowest BCUT2D eigenvalue weighted by Gasteiger charge is -2.35. The van der Waals surface area contributed by atoms with Gasteiger partial charge in [-0.1, -0.05) is 48.5 Å². The van der Waals surface area contributed by atoms with Gasteiger partial charge in [-0.15, -0.1) is 0 Å². The Hall–Kier alpha value is -3.10. The Bertz CT molecular complexity index is 1110. The second-order valence-corrected chi connectivity index (χ2v) is 7.59. The van der Waals surface area contributed by atoms with Crippen molar-refractivity contribution in [3.63, 3.8) is 0 Å². The molecule has 1 aliphatic heterocycles. The van der Waals surface area contributed by atoms with Gasteiger partial charge in [0, 0.05) is 25.5 Å². The van der Waals surface area contributed by atoms with Crippen LogP contribution in [0.25, 0.3) is 10.9 Å². The third-order valence-corrected chi connectivity index (χ3v) is 5.81. The summed E-state index contributed by atoms with van der Waals surface area (Å²) in [5, 5.41) is 10.6. The third-order valence-electron chi connectivity index (χ3n) is 5.81. The number of nitriles is 1. The molecule has 0 saturated carbocycles. The monoisotopic (exact) mass is 387 g/mol. The highest BCUT2D eigenvalue weighted by Crippen LogP contribution is 2.32. The largest absolute Gasteiger partial charge is 0.370 e. The zero-order valence-electron chi connectivity index (χ0n) is 16.8. The molecule has 0 radical (unpaired) electrons. The first kappa shape index (κ1) is 19.2. The maximum Gasteiger partial charge on any atom is 0.270 e. The molecule has 0 aliphatic carbocycles. The molecule has 0 spiro atoms. The van der Waals surface area contributed by atoms with Crippen molar-refractivity contribution in [2.75, 3.05) is 18.0 Å². The molecule has 2 heterocycles. The first-order valence-electron chi connectivity index (χ1n) is 10.1. The average molecular weight is 387 g/mol. The van der Waals surface area contributed by atoms with E-state index in [2.05, 4.69) is 30.0 Å². The Morgan fingerprint density at radius 3 is 2.41 bits per heavy atom. The van der Waals surface area contributed by atoms with Crippen molar-refractivity contribution >= 4 is 16.6 Å². The van der Waals surface area contributed by atoms with Gasteiger partial charge in [0.25, 0.3) is 5.56 Å². The van der Waals surface area contributed by atoms with Crippen LogP contribution in [0.15, 0.2) is 59.4 Å². The number of fused-ring (bicyclic) bond motifs is 1. The summed E-state index contributed by atoms with van der Waals surface area (Å²) in [5.41, 5.74) is 2.78. The molecule has 29 heavy (non-hydrogen) atoms. The summed E-state index contributed by atoms with van der Waals surface area (Å²) < 4.78 is 7.86. The van der Waals surface area contributed by atoms with Gasteiger partial charge in [0.05, 0.1) is 23.4 Å². The van der Waals surface area contributed by atoms with Crippen LogP contribution in [0, 0.1) is 11.3 Å². The molecule has 2 aromatic carbocycles. The van der Waals surface area contributed by atoms with E-state index in [1.165, 1.54) is 5.56 Å². The second kappa shape index (κ2) is 8.10. The molecule has 0 N–H and O–H groups in total. The number of hydrogen-bond acceptors (Lipinski definition) is 4. The van der Waals surface area contributed by atoms with E-state index in [0.717, 1.165) is 42.5 Å². The summed E-state index contributed by atoms with van der Waals surface area (Å²) in [6.45, 7) is 3.61. The highest BCUT2D eigenvalue weighted by atomic mass is 16.5. The van der Waals surface area contributed by atoms with Crippen LogP contribution in [0.5, 0.6) is 0 Å². The van der Waals surface area contributed by atoms with Gasteiger partial charge in [0.2, 0.25) is 0 Å². The standard InChI is InChI=1S/C24H25N3O2/c1-17(18-8-4-3-5-9-18)29-19-12-14-27(15-13-19)23-20-10-6-7-11-22(20)26(2)24(28)21(23)16-25/h3-11,17,19H,12-15H2,1-2H3. The Morgan fingerprint density at radius 1 is 1.07 bits per heavy atom. The number of ether oxygens (including phenoxy) is 1. The third kappa shape index (κ3) is 3.64. The fraction of sp³-hybridized carbons (Fsp3) is 0.333. The molecule has 148 valence electrons. The average Bonchev–Trinajstić information content (AvgIpc) is 2.77. The van der Waals surface area contributed by atoms with Crippen LogP contribution in [0.4, 0.5) is 5.69 Å². The zero-order valence-corrected chi connectivity index (χ0v) is 16.8. The lowest BCUT2D eigenvalue weighted by Crippen LogP contribution is -2.39. The molecule has 1 atom stereocenters. The molecule has 1 fully saturated rings. The first-order valence-corrected chi connectivity index (χ1v) is 10.1. The van der Waals surface area contributed by atoms with Gasteiger partial charge in [0.15, 0.2) is 0 Å². The Morgan fingerprint density at radius 2 is 1.72 bits per heavy atom. The van der Waals surface area contributed by atoms with Crippen LogP contribution in [0.1, 0.15) is 37.0 Å². The molecule has 0 amide bonds. The van der Waals surface area contributed by atoms with Crippen molar-refractivity contribution in [3.8, 4) is 6.07 Å². The minimum absolute atomic E-state index is 0.0484. The molecule has 1 aliphatic rings. The van der Waals surface area contributed by atoms with Crippen LogP contribution in [-0.2, 0) is 11.8 Å². The van der Waals surface area contributed by atoms with Gasteiger partial charge in [-0.3, -0.25) is 4.79 Å². The summed E-state index contributed by atoms with van der Waals surface area (Å²) in [5.74, 6) is 0. The summed E-state index contributed by atoms with van der Waals surface area (Å²) in [4.78, 5) is 14.9. The normalized spacial score (nSPS) is 16.0. The number of piperidine rings is 1. The first-order chi connectivity index (χ1) is 14.1. The molecule has 3 aromatic rings. The fourth-order valence-corrected chi connectivity index (χ4v) is 4.22. The summed E-state index contributed by atoms with van der Waals surface area (Å²) in [7, 11) is 1.72. The number of para-hydroxylation sites is 1. The highest BCUT2D eigenvalue weighted by molar-refractivity contribution is 5.94. The molecule has 5 nitrogen and oxygen atoms in total. The molecule has 5 heteroatoms. The van der Waals surface area contributed by atoms with E-state index in [9.17, 15) is 10.1 Å². The molecular weight excluding hydrogens is 362 g/mol. The molecule has 1 saturated heterocycles. The number of nitrogens with zero attached hydrogens (tertiary/aromatic N) is 3. The van der Waals surface area contributed by atoms with E-state index in [0.29, 0.717) is 0 Å². The van der Waals surface area contributed by atoms with Crippen LogP contribution in [-0.4, -0.2) is 23.8 Å². The van der Waals surface area contributed by atoms with Crippen LogP contribution < -0.4 is 10.5 Å². The maximum absolute atomic E-state index is 12.7. The Labute approximate surface area is 170 Å². The van der Waals surface area contributed by atoms with Gasteiger partial charge in [-0.25, -0.2) is 0 Å². The van der Waals surface area contributed by atoms with E-state index in [-0.39, 0.29) is 23.3 Å². The van der Waals surface area contributed by atoms with Crippen LogP contribution in [0.3, 0.4) is 0 Å². The van der Waals surface area contributed by atoms with Crippen molar-refractivity contribution in [2.24, 2.45) is 7.05 Å². The van der Waals surface area contributed by atoms with E-state index in [1.54, 1.807) is 11.6 Å². The lowest BCUT2D eigenvalue weighted by atomic mass is 10.0. The number of pyridine rings is 1. The van der Waals surface area contributed by atoms with Crippen molar-refractivity contribution in [2.45, 2.75) is 32.0 Å². The number of aromatic nitrogens is 1. The summed E-state index contributed by atoms with van der Waals surface area (Å²) in [6, 6.07) is 20.2. The SMILES string of the molecule is CC(OC1CCN(c2c(C#N)c(=O)n(C)c3ccccc23)CC1)c1ccccc1. The zero-order chi connectivity index (χ0) is 20.4. The minimum atomic E-state index is -0.239. The van der Waals surface area contributed by atoms with E-state index in [1.807, 2.05) is 42.5 Å². The van der Waals surface area contributed by atoms with Gasteiger partial charge >= 0.3 is 0 Å². The molecule has 1 aromatic heterocycles. The van der Waals surface area contributed by atoms with Crippen LogP contribution >= 0.6 is 0 Å². The fourth-order valence-electron chi connectivity index (χ4n) is 4.22. The van der Waals surface area contributed by atoms with Gasteiger partial charge in [0.1, 0.15) is 11.6 Å². The van der Waals surface area contributed by atoms with E-state index in [4.69, 9.17) is 4.74 Å². The number of anilines is 1. The lowest BCUT2D eigenvalue weighted by molar-refractivity contribution is -0.0156. The molecule has 1 unspecified atom stereocenters. The van der Waals surface area contributed by atoms with Gasteiger partial charge < -0.3 is 14.2 Å². The van der Waals surface area contributed by atoms with Gasteiger partial charge in [-0.2, -0.15) is 5.26 Å². The number of rotatable bonds is 4.